The molecule has 0 fully saturated rings. The Balaban J connectivity index is 1.98. The Kier molecular flexibility index (Phi) is 4.66. The maximum atomic E-state index is 12.0. The van der Waals surface area contributed by atoms with Crippen molar-refractivity contribution < 1.29 is 9.21 Å². The van der Waals surface area contributed by atoms with Gasteiger partial charge in [-0.2, -0.15) is 0 Å². The molecule has 0 spiro atoms. The summed E-state index contributed by atoms with van der Waals surface area (Å²) >= 11 is 5.15. The van der Waals surface area contributed by atoms with E-state index in [9.17, 15) is 4.79 Å². The Morgan fingerprint density at radius 1 is 1.14 bits per heavy atom. The van der Waals surface area contributed by atoms with Crippen LogP contribution in [-0.4, -0.2) is 11.0 Å². The fourth-order valence-corrected chi connectivity index (χ4v) is 2.19. The van der Waals surface area contributed by atoms with Crippen LogP contribution in [0, 0.1) is 6.92 Å². The van der Waals surface area contributed by atoms with Gasteiger partial charge in [0, 0.05) is 11.3 Å². The number of hydrogen-bond donors (Lipinski definition) is 2. The van der Waals surface area contributed by atoms with Crippen molar-refractivity contribution in [1.82, 2.24) is 5.32 Å². The highest BCUT2D eigenvalue weighted by Crippen LogP contribution is 2.23. The highest BCUT2D eigenvalue weighted by molar-refractivity contribution is 7.80. The van der Waals surface area contributed by atoms with Crippen molar-refractivity contribution in [3.63, 3.8) is 0 Å². The maximum Gasteiger partial charge on any atom is 0.293 e. The van der Waals surface area contributed by atoms with Gasteiger partial charge >= 0.3 is 0 Å². The number of hydrogen-bond acceptors (Lipinski definition) is 3. The molecule has 0 radical (unpaired) electrons. The third-order valence-corrected chi connectivity index (χ3v) is 3.51. The summed E-state index contributed by atoms with van der Waals surface area (Å²) in [5.74, 6) is -0.0847. The third-order valence-electron chi connectivity index (χ3n) is 3.30. The predicted octanol–water partition coefficient (Wildman–Crippen LogP) is 4.01. The highest BCUT2D eigenvalue weighted by Gasteiger charge is 2.15. The number of rotatable bonds is 2. The van der Waals surface area contributed by atoms with Crippen molar-refractivity contribution in [1.29, 1.82) is 0 Å². The number of carbonyl (C=O) groups excluding carboxylic acids is 1. The first-order valence-electron chi connectivity index (χ1n) is 7.04. The van der Waals surface area contributed by atoms with E-state index in [1.807, 2.05) is 24.3 Å². The molecule has 0 aliphatic rings. The van der Waals surface area contributed by atoms with E-state index in [2.05, 4.69) is 31.4 Å². The summed E-state index contributed by atoms with van der Waals surface area (Å²) in [5, 5.41) is 5.83. The summed E-state index contributed by atoms with van der Waals surface area (Å²) in [6.07, 6.45) is 1.48. The molecule has 0 bridgehead atoms. The van der Waals surface area contributed by atoms with Crippen molar-refractivity contribution >= 4 is 28.9 Å². The van der Waals surface area contributed by atoms with Gasteiger partial charge in [0.1, 0.15) is 0 Å². The van der Waals surface area contributed by atoms with Crippen molar-refractivity contribution in [2.24, 2.45) is 0 Å². The van der Waals surface area contributed by atoms with E-state index in [1.54, 1.807) is 13.0 Å². The molecule has 0 unspecified atom stereocenters. The Labute approximate surface area is 135 Å². The Morgan fingerprint density at radius 3 is 2.27 bits per heavy atom. The van der Waals surface area contributed by atoms with Crippen LogP contribution in [0.2, 0.25) is 0 Å². The summed E-state index contributed by atoms with van der Waals surface area (Å²) in [6.45, 7) is 8.28. The van der Waals surface area contributed by atoms with Gasteiger partial charge in [-0.3, -0.25) is 10.1 Å². The molecular weight excluding hydrogens is 296 g/mol. The van der Waals surface area contributed by atoms with Crippen LogP contribution in [0.4, 0.5) is 5.69 Å². The van der Waals surface area contributed by atoms with E-state index in [-0.39, 0.29) is 22.2 Å². The van der Waals surface area contributed by atoms with Gasteiger partial charge in [-0.15, -0.1) is 0 Å². The molecule has 4 nitrogen and oxygen atoms in total. The van der Waals surface area contributed by atoms with E-state index >= 15 is 0 Å². The summed E-state index contributed by atoms with van der Waals surface area (Å²) < 4.78 is 5.13. The molecule has 1 aromatic heterocycles. The van der Waals surface area contributed by atoms with Crippen molar-refractivity contribution in [3.05, 3.63) is 53.5 Å². The summed E-state index contributed by atoms with van der Waals surface area (Å²) in [7, 11) is 0. The minimum absolute atomic E-state index is 0.101. The molecule has 0 aliphatic heterocycles. The summed E-state index contributed by atoms with van der Waals surface area (Å²) in [6, 6.07) is 9.71. The van der Waals surface area contributed by atoms with Crippen LogP contribution in [0.25, 0.3) is 0 Å². The second-order valence-corrected chi connectivity index (χ2v) is 6.58. The molecule has 0 atom stereocenters. The van der Waals surface area contributed by atoms with Gasteiger partial charge in [0.05, 0.1) is 6.26 Å². The topological polar surface area (TPSA) is 54.3 Å². The number of amides is 1. The molecule has 1 heterocycles. The van der Waals surface area contributed by atoms with Gasteiger partial charge in [-0.25, -0.2) is 0 Å². The van der Waals surface area contributed by atoms with Crippen LogP contribution in [0.1, 0.15) is 42.5 Å². The molecule has 22 heavy (non-hydrogen) atoms. The molecule has 116 valence electrons. The van der Waals surface area contributed by atoms with Crippen LogP contribution < -0.4 is 10.6 Å². The number of anilines is 1. The smallest absolute Gasteiger partial charge is 0.293 e. The zero-order valence-electron chi connectivity index (χ0n) is 13.2. The number of carbonyl (C=O) groups is 1. The van der Waals surface area contributed by atoms with Gasteiger partial charge < -0.3 is 9.73 Å². The lowest BCUT2D eigenvalue weighted by atomic mass is 9.87. The molecular formula is C17H20N2O2S. The van der Waals surface area contributed by atoms with Gasteiger partial charge in [-0.05, 0) is 48.3 Å². The summed E-state index contributed by atoms with van der Waals surface area (Å²) in [5.41, 5.74) is 2.94. The van der Waals surface area contributed by atoms with Gasteiger partial charge in [0.2, 0.25) is 0 Å². The second kappa shape index (κ2) is 6.32. The van der Waals surface area contributed by atoms with Crippen molar-refractivity contribution in [2.75, 3.05) is 5.32 Å². The quantitative estimate of drug-likeness (QED) is 0.822. The molecule has 2 N–H and O–H groups in total. The maximum absolute atomic E-state index is 12.0. The molecule has 2 aromatic rings. The first kappa shape index (κ1) is 16.2. The zero-order valence-corrected chi connectivity index (χ0v) is 14.0. The highest BCUT2D eigenvalue weighted by atomic mass is 32.1. The normalized spacial score (nSPS) is 11.1. The minimum Gasteiger partial charge on any atom is -0.459 e. The largest absolute Gasteiger partial charge is 0.459 e. The number of thiocarbonyl (C=S) groups is 1. The van der Waals surface area contributed by atoms with Gasteiger partial charge in [-0.1, -0.05) is 32.9 Å². The van der Waals surface area contributed by atoms with Crippen molar-refractivity contribution in [3.8, 4) is 0 Å². The average Bonchev–Trinajstić information content (AvgIpc) is 2.84. The molecule has 0 saturated heterocycles. The van der Waals surface area contributed by atoms with Gasteiger partial charge in [0.25, 0.3) is 5.91 Å². The number of aryl methyl sites for hydroxylation is 1. The van der Waals surface area contributed by atoms with Crippen LogP contribution in [-0.2, 0) is 5.41 Å². The standard InChI is InChI=1S/C17H20N2O2S/c1-11-9-10-21-14(11)15(20)19-16(22)18-13-7-5-12(6-8-13)17(2,3)4/h5-10H,1-4H3,(H2,18,19,20,22). The first-order valence-corrected chi connectivity index (χ1v) is 7.45. The number of benzene rings is 1. The first-order chi connectivity index (χ1) is 10.3. The van der Waals surface area contributed by atoms with E-state index in [0.717, 1.165) is 11.3 Å². The monoisotopic (exact) mass is 316 g/mol. The fourth-order valence-electron chi connectivity index (χ4n) is 1.98. The Bertz CT molecular complexity index is 681. The Hall–Kier alpha value is -2.14. The number of nitrogens with one attached hydrogen (secondary N) is 2. The zero-order chi connectivity index (χ0) is 16.3. The average molecular weight is 316 g/mol. The third kappa shape index (κ3) is 3.95. The van der Waals surface area contributed by atoms with Crippen LogP contribution in [0.3, 0.4) is 0 Å². The molecule has 0 aliphatic carbocycles. The lowest BCUT2D eigenvalue weighted by Crippen LogP contribution is -2.34. The van der Waals surface area contributed by atoms with Crippen LogP contribution in [0.15, 0.2) is 41.0 Å². The summed E-state index contributed by atoms with van der Waals surface area (Å²) in [4.78, 5) is 12.0. The van der Waals surface area contributed by atoms with E-state index in [0.29, 0.717) is 0 Å². The van der Waals surface area contributed by atoms with Crippen LogP contribution >= 0.6 is 12.2 Å². The van der Waals surface area contributed by atoms with E-state index < -0.39 is 0 Å². The molecule has 2 rings (SSSR count). The lowest BCUT2D eigenvalue weighted by molar-refractivity contribution is 0.0950. The Morgan fingerprint density at radius 2 is 1.77 bits per heavy atom. The SMILES string of the molecule is Cc1ccoc1C(=O)NC(=S)Nc1ccc(C(C)(C)C)cc1. The van der Waals surface area contributed by atoms with Gasteiger partial charge in [0.15, 0.2) is 10.9 Å². The van der Waals surface area contributed by atoms with E-state index in [1.165, 1.54) is 11.8 Å². The minimum atomic E-state index is -0.355. The second-order valence-electron chi connectivity index (χ2n) is 6.17. The molecule has 0 saturated carbocycles. The lowest BCUT2D eigenvalue weighted by Gasteiger charge is -2.19. The fraction of sp³-hybridized carbons (Fsp3) is 0.294. The predicted molar refractivity (Wildman–Crippen MR) is 92.3 cm³/mol. The molecule has 5 heteroatoms. The van der Waals surface area contributed by atoms with Crippen LogP contribution in [0.5, 0.6) is 0 Å². The molecule has 1 aromatic carbocycles. The van der Waals surface area contributed by atoms with Crippen molar-refractivity contribution in [2.45, 2.75) is 33.1 Å². The molecule has 1 amide bonds. The number of furan rings is 1. The van der Waals surface area contributed by atoms with E-state index in [4.69, 9.17) is 16.6 Å².